The molecule has 0 aliphatic heterocycles. The Morgan fingerprint density at radius 1 is 0.519 bits per heavy atom. The van der Waals surface area contributed by atoms with E-state index in [-0.39, 0.29) is 24.8 Å². The van der Waals surface area contributed by atoms with Gasteiger partial charge in [0.05, 0.1) is 0 Å². The SMILES string of the molecule is Cc1cc(C)c(-c2[c-]c3c(cc2)-c2ccc(-c4c(C)cc(C)cc4C)cc2C3)c(C)c1.Cc1ccc([C](=[Zr+2])c2ccc(C)cc2)cc1.[Cl-].[Cl-].c1cc[cH-]c1. The van der Waals surface area contributed by atoms with Crippen molar-refractivity contribution in [3.63, 3.8) is 0 Å². The Bertz CT molecular complexity index is 2130. The molecule has 0 bridgehead atoms. The first-order valence-corrected chi connectivity index (χ1v) is 19.5. The van der Waals surface area contributed by atoms with Crippen LogP contribution in [0.2, 0.25) is 0 Å². The molecule has 0 atom stereocenters. The fourth-order valence-corrected chi connectivity index (χ4v) is 8.41. The van der Waals surface area contributed by atoms with E-state index in [1.54, 1.807) is 0 Å². The largest absolute Gasteiger partial charge is 1.00 e. The average Bonchev–Trinajstić information content (AvgIpc) is 3.80. The Balaban J connectivity index is 0.000000236. The molecule has 0 spiro atoms. The molecule has 7 aromatic rings. The molecular formula is C51H48Cl2Zr-2. The predicted octanol–water partition coefficient (Wildman–Crippen LogP) is 7.08. The van der Waals surface area contributed by atoms with E-state index >= 15 is 0 Å². The van der Waals surface area contributed by atoms with Crippen molar-refractivity contribution in [2.24, 2.45) is 0 Å². The van der Waals surface area contributed by atoms with Crippen molar-refractivity contribution in [1.82, 2.24) is 0 Å². The first-order chi connectivity index (χ1) is 25.0. The van der Waals surface area contributed by atoms with E-state index in [0.717, 1.165) is 6.42 Å². The van der Waals surface area contributed by atoms with E-state index in [9.17, 15) is 0 Å². The number of aryl methyl sites for hydroxylation is 8. The smallest absolute Gasteiger partial charge is 0.172 e. The molecule has 54 heavy (non-hydrogen) atoms. The van der Waals surface area contributed by atoms with Gasteiger partial charge >= 0.3 is 112 Å². The molecule has 0 nitrogen and oxygen atoms in total. The summed E-state index contributed by atoms with van der Waals surface area (Å²) < 4.78 is 1.42. The summed E-state index contributed by atoms with van der Waals surface area (Å²) in [6, 6.07) is 52.0. The van der Waals surface area contributed by atoms with Gasteiger partial charge in [0.15, 0.2) is 0 Å². The monoisotopic (exact) mass is 820 g/mol. The molecule has 1 aliphatic carbocycles. The van der Waals surface area contributed by atoms with Crippen LogP contribution in [0.3, 0.4) is 0 Å². The summed E-state index contributed by atoms with van der Waals surface area (Å²) in [5.74, 6) is 0. The van der Waals surface area contributed by atoms with Gasteiger partial charge in [-0.25, -0.2) is 12.1 Å². The van der Waals surface area contributed by atoms with Crippen LogP contribution in [-0.4, -0.2) is 3.21 Å². The zero-order chi connectivity index (χ0) is 36.9. The summed E-state index contributed by atoms with van der Waals surface area (Å²) in [6.07, 6.45) is 0.959. The normalized spacial score (nSPS) is 10.7. The molecule has 0 saturated heterocycles. The maximum atomic E-state index is 3.78. The first kappa shape index (κ1) is 42.7. The molecule has 0 heterocycles. The number of hydrogen-bond acceptors (Lipinski definition) is 0. The van der Waals surface area contributed by atoms with Crippen molar-refractivity contribution in [1.29, 1.82) is 0 Å². The van der Waals surface area contributed by atoms with Crippen LogP contribution < -0.4 is 24.8 Å². The Hall–Kier alpha value is -4.00. The number of fused-ring (bicyclic) bond motifs is 3. The molecule has 3 heteroatoms. The van der Waals surface area contributed by atoms with E-state index in [4.69, 9.17) is 0 Å². The predicted molar refractivity (Wildman–Crippen MR) is 220 cm³/mol. The zero-order valence-corrected chi connectivity index (χ0v) is 36.6. The van der Waals surface area contributed by atoms with Crippen molar-refractivity contribution < 1.29 is 49.0 Å². The number of benzene rings is 6. The molecule has 0 N–H and O–H groups in total. The molecule has 0 aromatic heterocycles. The van der Waals surface area contributed by atoms with Crippen molar-refractivity contribution in [2.75, 3.05) is 0 Å². The quantitative estimate of drug-likeness (QED) is 0.167. The van der Waals surface area contributed by atoms with E-state index in [0.29, 0.717) is 0 Å². The average molecular weight is 823 g/mol. The van der Waals surface area contributed by atoms with Gasteiger partial charge in [-0.2, -0.15) is 18.2 Å². The minimum atomic E-state index is 0. The second-order valence-electron chi connectivity index (χ2n) is 14.4. The summed E-state index contributed by atoms with van der Waals surface area (Å²) in [7, 11) is 0. The molecule has 0 unspecified atom stereocenters. The van der Waals surface area contributed by atoms with E-state index < -0.39 is 0 Å². The van der Waals surface area contributed by atoms with Crippen molar-refractivity contribution >= 4 is 3.21 Å². The summed E-state index contributed by atoms with van der Waals surface area (Å²) >= 11 is 1.46. The van der Waals surface area contributed by atoms with Gasteiger partial charge in [-0.05, 0) is 75.8 Å². The standard InChI is InChI=1S/C31H29.C15H14.C5H5.2ClH.Zr/c1-18-11-20(3)30(21(4)12-18)24-7-9-28-26(15-24)17-27-16-25(8-10-29(27)28)31-22(5)13-19(2)14-23(31)6;1-12-3-7-14(8-4-12)11-15-9-5-13(2)6-10-15;1-2-4-5-3-1;;;/h7-15H,17H2,1-6H3;3-10H,1-2H3;1-5H;2*1H;/q-1;;-1;;;+2/p-2. The Labute approximate surface area is 351 Å². The van der Waals surface area contributed by atoms with Crippen LogP contribution in [-0.2, 0) is 30.7 Å². The van der Waals surface area contributed by atoms with Crippen molar-refractivity contribution in [3.8, 4) is 33.4 Å². The van der Waals surface area contributed by atoms with Gasteiger partial charge in [-0.15, -0.1) is 29.3 Å². The van der Waals surface area contributed by atoms with Crippen LogP contribution >= 0.6 is 0 Å². The number of rotatable bonds is 4. The van der Waals surface area contributed by atoms with Crippen molar-refractivity contribution in [3.05, 3.63) is 206 Å². The Kier molecular flexibility index (Phi) is 15.1. The van der Waals surface area contributed by atoms with E-state index in [1.165, 1.54) is 128 Å². The zero-order valence-electron chi connectivity index (χ0n) is 32.7. The second-order valence-corrected chi connectivity index (χ2v) is 15.7. The van der Waals surface area contributed by atoms with Gasteiger partial charge in [0.2, 0.25) is 0 Å². The summed E-state index contributed by atoms with van der Waals surface area (Å²) in [5, 5.41) is 0. The molecule has 0 saturated carbocycles. The molecule has 8 rings (SSSR count). The maximum Gasteiger partial charge on any atom is -0.172 e. The van der Waals surface area contributed by atoms with Gasteiger partial charge in [-0.1, -0.05) is 81.4 Å². The van der Waals surface area contributed by atoms with E-state index in [2.05, 4.69) is 165 Å². The van der Waals surface area contributed by atoms with Gasteiger partial charge < -0.3 is 24.8 Å². The van der Waals surface area contributed by atoms with Gasteiger partial charge in [0.25, 0.3) is 0 Å². The minimum absolute atomic E-state index is 0. The van der Waals surface area contributed by atoms with Crippen LogP contribution in [0.5, 0.6) is 0 Å². The Morgan fingerprint density at radius 2 is 0.981 bits per heavy atom. The van der Waals surface area contributed by atoms with E-state index in [1.807, 2.05) is 30.3 Å². The molecule has 0 fully saturated rings. The molecular weight excluding hydrogens is 775 g/mol. The van der Waals surface area contributed by atoms with Gasteiger partial charge in [-0.3, -0.25) is 0 Å². The maximum absolute atomic E-state index is 3.78. The van der Waals surface area contributed by atoms with Crippen LogP contribution in [0.4, 0.5) is 0 Å². The van der Waals surface area contributed by atoms with Crippen molar-refractivity contribution in [2.45, 2.75) is 61.8 Å². The molecule has 7 aromatic carbocycles. The molecule has 0 amide bonds. The fraction of sp³-hybridized carbons (Fsp3) is 0.176. The summed E-state index contributed by atoms with van der Waals surface area (Å²) in [6.45, 7) is 17.5. The summed E-state index contributed by atoms with van der Waals surface area (Å²) in [5.41, 5.74) is 24.0. The molecule has 272 valence electrons. The second kappa shape index (κ2) is 19.0. The van der Waals surface area contributed by atoms with Crippen LogP contribution in [0.15, 0.2) is 133 Å². The summed E-state index contributed by atoms with van der Waals surface area (Å²) in [4.78, 5) is 0. The van der Waals surface area contributed by atoms with Crippen LogP contribution in [0.25, 0.3) is 33.4 Å². The van der Waals surface area contributed by atoms with Gasteiger partial charge in [0, 0.05) is 0 Å². The number of halogens is 2. The molecule has 1 aliphatic rings. The van der Waals surface area contributed by atoms with Gasteiger partial charge in [0.1, 0.15) is 0 Å². The fourth-order valence-electron chi connectivity index (χ4n) is 7.59. The third-order valence-corrected chi connectivity index (χ3v) is 11.4. The Morgan fingerprint density at radius 3 is 1.44 bits per heavy atom. The third kappa shape index (κ3) is 10.00. The number of hydrogen-bond donors (Lipinski definition) is 0. The van der Waals surface area contributed by atoms with Crippen LogP contribution in [0.1, 0.15) is 66.8 Å². The van der Waals surface area contributed by atoms with Crippen LogP contribution in [0, 0.1) is 61.5 Å². The first-order valence-electron chi connectivity index (χ1n) is 18.2. The molecule has 0 radical (unpaired) electrons. The third-order valence-electron chi connectivity index (χ3n) is 9.94. The topological polar surface area (TPSA) is 0 Å². The minimum Gasteiger partial charge on any atom is -1.00 e.